The molecule has 1 aliphatic heterocycles. The lowest BCUT2D eigenvalue weighted by atomic mass is 9.85. The average Bonchev–Trinajstić information content (AvgIpc) is 2.60. The van der Waals surface area contributed by atoms with Gasteiger partial charge < -0.3 is 20.7 Å². The lowest BCUT2D eigenvalue weighted by molar-refractivity contribution is -0.125. The van der Waals surface area contributed by atoms with Crippen molar-refractivity contribution >= 4 is 23.2 Å². The van der Waals surface area contributed by atoms with Crippen molar-refractivity contribution in [1.82, 2.24) is 4.90 Å². The van der Waals surface area contributed by atoms with E-state index in [0.717, 1.165) is 6.54 Å². The molecular weight excluding hydrogens is 351 g/mol. The highest BCUT2D eigenvalue weighted by molar-refractivity contribution is 5.97. The van der Waals surface area contributed by atoms with Crippen LogP contribution in [0.25, 0.3) is 0 Å². The number of morpholine rings is 1. The molecule has 1 heterocycles. The summed E-state index contributed by atoms with van der Waals surface area (Å²) in [6.45, 7) is 1.65. The predicted octanol–water partition coefficient (Wildman–Crippen LogP) is 1.19. The topological polar surface area (TPSA) is 87.9 Å². The summed E-state index contributed by atoms with van der Waals surface area (Å²) in [5, 5.41) is 2.74. The smallest absolute Gasteiger partial charge is 0.253 e. The number of hydrogen-bond donors (Lipinski definition) is 2. The van der Waals surface area contributed by atoms with E-state index in [0.29, 0.717) is 24.8 Å². The molecule has 27 heavy (non-hydrogen) atoms. The van der Waals surface area contributed by atoms with E-state index < -0.39 is 11.9 Å². The molecule has 1 aliphatic carbocycles. The number of hydrogen-bond acceptors (Lipinski definition) is 5. The van der Waals surface area contributed by atoms with E-state index in [1.165, 1.54) is 36.3 Å². The minimum absolute atomic E-state index is 0.0521. The van der Waals surface area contributed by atoms with Gasteiger partial charge in [-0.3, -0.25) is 14.5 Å². The van der Waals surface area contributed by atoms with E-state index >= 15 is 0 Å². The Morgan fingerprint density at radius 2 is 2.26 bits per heavy atom. The number of nitrogens with two attached hydrogens (primary N) is 1. The predicted molar refractivity (Wildman–Crippen MR) is 101 cm³/mol. The molecule has 3 N–H and O–H groups in total. The van der Waals surface area contributed by atoms with Crippen LogP contribution in [0.15, 0.2) is 18.2 Å². The first-order valence-corrected chi connectivity index (χ1v) is 9.38. The highest BCUT2D eigenvalue weighted by Crippen LogP contribution is 2.27. The van der Waals surface area contributed by atoms with Gasteiger partial charge >= 0.3 is 0 Å². The molecule has 148 valence electrons. The number of likely N-dealkylation sites (N-methyl/N-ethyl adjacent to an activating group) is 1. The standard InChI is InChI=1S/C19H27FN4O3/c1-23(11-13-3-2-4-13)17(10-21)19(26)22-14-5-6-16(15(20)9-14)24-7-8-27-12-18(24)25/h5-6,9,13,17H,2-4,7-8,10-12,21H2,1H3,(H,22,26)/t17-/m1/s1. The number of ether oxygens (including phenoxy) is 1. The maximum absolute atomic E-state index is 14.5. The summed E-state index contributed by atoms with van der Waals surface area (Å²) in [6.07, 6.45) is 3.63. The lowest BCUT2D eigenvalue weighted by Gasteiger charge is -2.33. The number of nitrogens with zero attached hydrogens (tertiary/aromatic N) is 2. The molecule has 2 amide bonds. The molecule has 0 radical (unpaired) electrons. The molecule has 1 saturated heterocycles. The second-order valence-corrected chi connectivity index (χ2v) is 7.24. The molecule has 0 spiro atoms. The SMILES string of the molecule is CN(CC1CCC1)[C@H](CN)C(=O)Nc1ccc(N2CCOCC2=O)c(F)c1. The first-order chi connectivity index (χ1) is 13.0. The van der Waals surface area contributed by atoms with Crippen LogP contribution in [0.4, 0.5) is 15.8 Å². The minimum atomic E-state index is -0.560. The Morgan fingerprint density at radius 3 is 2.85 bits per heavy atom. The Balaban J connectivity index is 1.64. The third-order valence-electron chi connectivity index (χ3n) is 5.32. The largest absolute Gasteiger partial charge is 0.370 e. The third-order valence-corrected chi connectivity index (χ3v) is 5.32. The van der Waals surface area contributed by atoms with Crippen LogP contribution in [-0.2, 0) is 14.3 Å². The van der Waals surface area contributed by atoms with Crippen LogP contribution < -0.4 is 16.0 Å². The number of anilines is 2. The van der Waals surface area contributed by atoms with Crippen LogP contribution in [0, 0.1) is 11.7 Å². The van der Waals surface area contributed by atoms with E-state index in [9.17, 15) is 14.0 Å². The summed E-state index contributed by atoms with van der Waals surface area (Å²) in [6, 6.07) is 3.87. The summed E-state index contributed by atoms with van der Waals surface area (Å²) in [5.74, 6) is -0.471. The van der Waals surface area contributed by atoms with Crippen LogP contribution in [0.5, 0.6) is 0 Å². The number of halogens is 1. The Bertz CT molecular complexity index is 696. The van der Waals surface area contributed by atoms with Gasteiger partial charge in [-0.2, -0.15) is 0 Å². The Kier molecular flexibility index (Phi) is 6.41. The van der Waals surface area contributed by atoms with Crippen LogP contribution in [0.1, 0.15) is 19.3 Å². The summed E-state index contributed by atoms with van der Waals surface area (Å²) >= 11 is 0. The van der Waals surface area contributed by atoms with Gasteiger partial charge in [-0.25, -0.2) is 4.39 Å². The number of benzene rings is 1. The zero-order valence-corrected chi connectivity index (χ0v) is 15.6. The van der Waals surface area contributed by atoms with Crippen molar-refractivity contribution in [2.45, 2.75) is 25.3 Å². The molecule has 0 unspecified atom stereocenters. The molecule has 0 aromatic heterocycles. The van der Waals surface area contributed by atoms with Gasteiger partial charge in [0.05, 0.1) is 12.3 Å². The molecule has 1 saturated carbocycles. The Hall–Kier alpha value is -2.03. The van der Waals surface area contributed by atoms with Gasteiger partial charge in [0.1, 0.15) is 18.5 Å². The second kappa shape index (κ2) is 8.77. The summed E-state index contributed by atoms with van der Waals surface area (Å²) in [4.78, 5) is 27.8. The van der Waals surface area contributed by atoms with Crippen molar-refractivity contribution in [2.24, 2.45) is 11.7 Å². The minimum Gasteiger partial charge on any atom is -0.370 e. The average molecular weight is 378 g/mol. The number of nitrogens with one attached hydrogen (secondary N) is 1. The highest BCUT2D eigenvalue weighted by Gasteiger charge is 2.27. The molecule has 7 nitrogen and oxygen atoms in total. The van der Waals surface area contributed by atoms with Gasteiger partial charge in [0.2, 0.25) is 5.91 Å². The van der Waals surface area contributed by atoms with Crippen molar-refractivity contribution in [1.29, 1.82) is 0 Å². The molecule has 8 heteroatoms. The van der Waals surface area contributed by atoms with Crippen molar-refractivity contribution in [2.75, 3.05) is 50.1 Å². The molecular formula is C19H27FN4O3. The molecule has 1 aromatic carbocycles. The Morgan fingerprint density at radius 1 is 1.48 bits per heavy atom. The maximum Gasteiger partial charge on any atom is 0.253 e. The van der Waals surface area contributed by atoms with Gasteiger partial charge in [-0.05, 0) is 44.0 Å². The molecule has 3 rings (SSSR count). The summed E-state index contributed by atoms with van der Waals surface area (Å²) < 4.78 is 19.6. The van der Waals surface area contributed by atoms with E-state index in [1.54, 1.807) is 6.07 Å². The molecule has 2 aliphatic rings. The molecule has 1 aromatic rings. The number of rotatable bonds is 7. The van der Waals surface area contributed by atoms with E-state index in [2.05, 4.69) is 5.32 Å². The normalized spacial score (nSPS) is 19.1. The zero-order chi connectivity index (χ0) is 19.4. The van der Waals surface area contributed by atoms with Gasteiger partial charge in [-0.1, -0.05) is 6.42 Å². The summed E-state index contributed by atoms with van der Waals surface area (Å²) in [7, 11) is 1.89. The van der Waals surface area contributed by atoms with Crippen molar-refractivity contribution in [3.63, 3.8) is 0 Å². The highest BCUT2D eigenvalue weighted by atomic mass is 19.1. The fraction of sp³-hybridized carbons (Fsp3) is 0.579. The van der Waals surface area contributed by atoms with Gasteiger partial charge in [-0.15, -0.1) is 0 Å². The number of amides is 2. The van der Waals surface area contributed by atoms with E-state index in [4.69, 9.17) is 10.5 Å². The Labute approximate surface area is 158 Å². The van der Waals surface area contributed by atoms with Crippen LogP contribution in [0.2, 0.25) is 0 Å². The number of carbonyl (C=O) groups excluding carboxylic acids is 2. The van der Waals surface area contributed by atoms with E-state index in [1.807, 2.05) is 11.9 Å². The van der Waals surface area contributed by atoms with Crippen molar-refractivity contribution in [3.05, 3.63) is 24.0 Å². The molecule has 2 fully saturated rings. The lowest BCUT2D eigenvalue weighted by Crippen LogP contribution is -2.49. The fourth-order valence-corrected chi connectivity index (χ4v) is 3.50. The molecule has 0 bridgehead atoms. The monoisotopic (exact) mass is 378 g/mol. The van der Waals surface area contributed by atoms with Crippen LogP contribution in [0.3, 0.4) is 0 Å². The van der Waals surface area contributed by atoms with Crippen molar-refractivity contribution in [3.8, 4) is 0 Å². The van der Waals surface area contributed by atoms with Gasteiger partial charge in [0.25, 0.3) is 5.91 Å². The summed E-state index contributed by atoms with van der Waals surface area (Å²) in [5.41, 5.74) is 6.34. The van der Waals surface area contributed by atoms with E-state index in [-0.39, 0.29) is 30.7 Å². The van der Waals surface area contributed by atoms with Gasteiger partial charge in [0, 0.05) is 25.3 Å². The maximum atomic E-state index is 14.5. The van der Waals surface area contributed by atoms with Gasteiger partial charge in [0.15, 0.2) is 0 Å². The third kappa shape index (κ3) is 4.63. The van der Waals surface area contributed by atoms with Crippen LogP contribution >= 0.6 is 0 Å². The quantitative estimate of drug-likeness (QED) is 0.744. The van der Waals surface area contributed by atoms with Crippen molar-refractivity contribution < 1.29 is 18.7 Å². The first-order valence-electron chi connectivity index (χ1n) is 9.38. The number of carbonyl (C=O) groups is 2. The second-order valence-electron chi connectivity index (χ2n) is 7.24. The first kappa shape index (κ1) is 19.7. The fourth-order valence-electron chi connectivity index (χ4n) is 3.50. The molecule has 1 atom stereocenters. The van der Waals surface area contributed by atoms with Crippen LogP contribution in [-0.4, -0.2) is 62.7 Å². The zero-order valence-electron chi connectivity index (χ0n) is 15.6.